The van der Waals surface area contributed by atoms with Crippen LogP contribution in [0.15, 0.2) is 35.4 Å². The second-order valence-electron chi connectivity index (χ2n) is 3.58. The number of thiocarbonyl (C=S) groups is 1. The molecule has 0 unspecified atom stereocenters. The molecule has 0 aliphatic heterocycles. The first-order chi connectivity index (χ1) is 8.90. The maximum atomic E-state index is 12.1. The maximum absolute atomic E-state index is 12.1. The predicted octanol–water partition coefficient (Wildman–Crippen LogP) is 1.50. The zero-order valence-electron chi connectivity index (χ0n) is 9.42. The molecule has 19 heavy (non-hydrogen) atoms. The van der Waals surface area contributed by atoms with Crippen molar-refractivity contribution in [1.29, 1.82) is 0 Å². The number of nitrogens with two attached hydrogens (primary N) is 1. The summed E-state index contributed by atoms with van der Waals surface area (Å²) in [6, 6.07) is 5.75. The molecule has 0 spiro atoms. The molecule has 0 atom stereocenters. The minimum atomic E-state index is -3.75. The van der Waals surface area contributed by atoms with Crippen molar-refractivity contribution in [1.82, 2.24) is 10.2 Å². The summed E-state index contributed by atoms with van der Waals surface area (Å²) in [5, 5.41) is 6.63. The van der Waals surface area contributed by atoms with Crippen molar-refractivity contribution >= 4 is 44.6 Å². The van der Waals surface area contributed by atoms with Crippen molar-refractivity contribution in [3.8, 4) is 0 Å². The number of anilines is 1. The lowest BCUT2D eigenvalue weighted by atomic mass is 10.3. The van der Waals surface area contributed by atoms with E-state index in [9.17, 15) is 8.42 Å². The Morgan fingerprint density at radius 2 is 2.00 bits per heavy atom. The van der Waals surface area contributed by atoms with Gasteiger partial charge in [-0.05, 0) is 24.3 Å². The minimum Gasteiger partial charge on any atom is -0.389 e. The van der Waals surface area contributed by atoms with Crippen LogP contribution in [0, 0.1) is 0 Å². The quantitative estimate of drug-likeness (QED) is 0.742. The van der Waals surface area contributed by atoms with Gasteiger partial charge >= 0.3 is 0 Å². The molecular weight excluding hydrogens is 308 g/mol. The first-order valence-corrected chi connectivity index (χ1v) is 7.28. The average molecular weight is 317 g/mol. The lowest BCUT2D eigenvalue weighted by Crippen LogP contribution is -2.17. The van der Waals surface area contributed by atoms with E-state index in [1.54, 1.807) is 0 Å². The van der Waals surface area contributed by atoms with Crippen LogP contribution in [0.4, 0.5) is 5.82 Å². The standard InChI is InChI=1S/C10H9ClN4O2S2/c11-6-1-3-7(4-2-6)19(16,17)15-10-8(9(12)18)5-13-14-10/h1-5H,(H2,12,18)(H2,13,14,15). The van der Waals surface area contributed by atoms with Gasteiger partial charge < -0.3 is 5.73 Å². The van der Waals surface area contributed by atoms with E-state index in [1.165, 1.54) is 30.5 Å². The molecule has 0 saturated carbocycles. The molecule has 6 nitrogen and oxygen atoms in total. The number of hydrogen-bond acceptors (Lipinski definition) is 4. The number of halogens is 1. The normalized spacial score (nSPS) is 11.2. The topological polar surface area (TPSA) is 101 Å². The molecule has 0 fully saturated rings. The molecular formula is C10H9ClN4O2S2. The van der Waals surface area contributed by atoms with Crippen molar-refractivity contribution in [3.63, 3.8) is 0 Å². The Morgan fingerprint density at radius 3 is 2.58 bits per heavy atom. The second kappa shape index (κ2) is 5.16. The Bertz CT molecular complexity index is 709. The fourth-order valence-corrected chi connectivity index (χ4v) is 2.68. The molecule has 1 aromatic carbocycles. The lowest BCUT2D eigenvalue weighted by Gasteiger charge is -2.07. The van der Waals surface area contributed by atoms with Crippen molar-refractivity contribution in [2.45, 2.75) is 4.90 Å². The highest BCUT2D eigenvalue weighted by Crippen LogP contribution is 2.19. The van der Waals surface area contributed by atoms with Gasteiger partial charge in [0.2, 0.25) is 0 Å². The van der Waals surface area contributed by atoms with Crippen molar-refractivity contribution in [2.75, 3.05) is 4.72 Å². The van der Waals surface area contributed by atoms with Gasteiger partial charge in [0.05, 0.1) is 16.7 Å². The fraction of sp³-hybridized carbons (Fsp3) is 0. The Balaban J connectivity index is 2.34. The van der Waals surface area contributed by atoms with Crippen LogP contribution in [0.3, 0.4) is 0 Å². The third-order valence-electron chi connectivity index (χ3n) is 2.27. The van der Waals surface area contributed by atoms with Gasteiger partial charge in [0, 0.05) is 5.02 Å². The number of H-pyrrole nitrogens is 1. The van der Waals surface area contributed by atoms with Gasteiger partial charge in [-0.25, -0.2) is 8.42 Å². The molecule has 9 heteroatoms. The Morgan fingerprint density at radius 1 is 1.37 bits per heavy atom. The highest BCUT2D eigenvalue weighted by atomic mass is 35.5. The highest BCUT2D eigenvalue weighted by molar-refractivity contribution is 7.92. The summed E-state index contributed by atoms with van der Waals surface area (Å²) >= 11 is 10.5. The smallest absolute Gasteiger partial charge is 0.263 e. The minimum absolute atomic E-state index is 0.0440. The van der Waals surface area contributed by atoms with Gasteiger partial charge in [0.25, 0.3) is 10.0 Å². The maximum Gasteiger partial charge on any atom is 0.263 e. The number of rotatable bonds is 4. The van der Waals surface area contributed by atoms with Crippen LogP contribution in [0.5, 0.6) is 0 Å². The van der Waals surface area contributed by atoms with Crippen molar-refractivity contribution in [2.24, 2.45) is 5.73 Å². The number of aromatic nitrogens is 2. The summed E-state index contributed by atoms with van der Waals surface area (Å²) in [6.07, 6.45) is 1.35. The summed E-state index contributed by atoms with van der Waals surface area (Å²) in [5.74, 6) is 0.127. The van der Waals surface area contributed by atoms with Gasteiger partial charge in [-0.2, -0.15) is 5.10 Å². The van der Waals surface area contributed by atoms with Gasteiger partial charge in [0.15, 0.2) is 0 Å². The molecule has 1 heterocycles. The number of nitrogens with one attached hydrogen (secondary N) is 2. The molecule has 0 amide bonds. The number of aromatic amines is 1. The van der Waals surface area contributed by atoms with E-state index in [0.717, 1.165) is 0 Å². The first kappa shape index (κ1) is 13.8. The third kappa shape index (κ3) is 3.03. The van der Waals surface area contributed by atoms with E-state index in [2.05, 4.69) is 14.9 Å². The predicted molar refractivity (Wildman–Crippen MR) is 76.7 cm³/mol. The average Bonchev–Trinajstić information content (AvgIpc) is 2.77. The molecule has 100 valence electrons. The monoisotopic (exact) mass is 316 g/mol. The summed E-state index contributed by atoms with van der Waals surface area (Å²) < 4.78 is 26.5. The largest absolute Gasteiger partial charge is 0.389 e. The summed E-state index contributed by atoms with van der Waals surface area (Å²) in [4.78, 5) is 0.114. The van der Waals surface area contributed by atoms with E-state index in [0.29, 0.717) is 10.6 Å². The molecule has 0 aliphatic carbocycles. The summed E-state index contributed by atoms with van der Waals surface area (Å²) in [6.45, 7) is 0. The molecule has 2 aromatic rings. The number of benzene rings is 1. The molecule has 0 bridgehead atoms. The second-order valence-corrected chi connectivity index (χ2v) is 6.14. The molecule has 0 saturated heterocycles. The first-order valence-electron chi connectivity index (χ1n) is 5.02. The highest BCUT2D eigenvalue weighted by Gasteiger charge is 2.18. The molecule has 1 aromatic heterocycles. The Labute approximate surface area is 120 Å². The van der Waals surface area contributed by atoms with Gasteiger partial charge in [-0.15, -0.1) is 0 Å². The van der Waals surface area contributed by atoms with Crippen LogP contribution in [0.2, 0.25) is 5.02 Å². The van der Waals surface area contributed by atoms with Gasteiger partial charge in [-0.1, -0.05) is 23.8 Å². The van der Waals surface area contributed by atoms with E-state index in [-0.39, 0.29) is 15.7 Å². The molecule has 4 N–H and O–H groups in total. The Kier molecular flexibility index (Phi) is 3.74. The van der Waals surface area contributed by atoms with Crippen LogP contribution >= 0.6 is 23.8 Å². The van der Waals surface area contributed by atoms with Crippen LogP contribution in [0.1, 0.15) is 5.56 Å². The van der Waals surface area contributed by atoms with Gasteiger partial charge in [-0.3, -0.25) is 9.82 Å². The van der Waals surface area contributed by atoms with Gasteiger partial charge in [0.1, 0.15) is 10.8 Å². The van der Waals surface area contributed by atoms with Crippen molar-refractivity contribution < 1.29 is 8.42 Å². The van der Waals surface area contributed by atoms with E-state index < -0.39 is 10.0 Å². The van der Waals surface area contributed by atoms with Crippen molar-refractivity contribution in [3.05, 3.63) is 41.0 Å². The fourth-order valence-electron chi connectivity index (χ4n) is 1.36. The SMILES string of the molecule is NC(=S)c1cn[nH]c1NS(=O)(=O)c1ccc(Cl)cc1. The number of nitrogens with zero attached hydrogens (tertiary/aromatic N) is 1. The number of sulfonamides is 1. The molecule has 2 rings (SSSR count). The third-order valence-corrected chi connectivity index (χ3v) is 4.10. The lowest BCUT2D eigenvalue weighted by molar-refractivity contribution is 0.601. The zero-order chi connectivity index (χ0) is 14.0. The summed E-state index contributed by atoms with van der Waals surface area (Å²) in [5.41, 5.74) is 5.78. The van der Waals surface area contributed by atoms with E-state index in [1.807, 2.05) is 0 Å². The van der Waals surface area contributed by atoms with E-state index >= 15 is 0 Å². The summed E-state index contributed by atoms with van der Waals surface area (Å²) in [7, 11) is -3.75. The van der Waals surface area contributed by atoms with Crippen LogP contribution < -0.4 is 10.5 Å². The zero-order valence-corrected chi connectivity index (χ0v) is 11.8. The van der Waals surface area contributed by atoms with Crippen LogP contribution in [-0.2, 0) is 10.0 Å². The van der Waals surface area contributed by atoms with E-state index in [4.69, 9.17) is 29.6 Å². The Hall–Kier alpha value is -1.64. The molecule has 0 radical (unpaired) electrons. The molecule has 0 aliphatic rings. The van der Waals surface area contributed by atoms with Crippen LogP contribution in [0.25, 0.3) is 0 Å². The number of hydrogen-bond donors (Lipinski definition) is 3. The van der Waals surface area contributed by atoms with Crippen LogP contribution in [-0.4, -0.2) is 23.6 Å².